The van der Waals surface area contributed by atoms with E-state index in [1.165, 1.54) is 0 Å². The fourth-order valence-corrected chi connectivity index (χ4v) is 3.08. The van der Waals surface area contributed by atoms with Crippen LogP contribution in [0.2, 0.25) is 0 Å². The van der Waals surface area contributed by atoms with E-state index in [0.29, 0.717) is 5.69 Å². The van der Waals surface area contributed by atoms with Crippen LogP contribution in [0.3, 0.4) is 0 Å². The van der Waals surface area contributed by atoms with Crippen LogP contribution in [-0.4, -0.2) is 33.9 Å². The minimum absolute atomic E-state index is 0.0316. The average molecular weight is 299 g/mol. The van der Waals surface area contributed by atoms with Gasteiger partial charge in [-0.2, -0.15) is 0 Å². The van der Waals surface area contributed by atoms with Crippen molar-refractivity contribution in [2.45, 2.75) is 33.2 Å². The summed E-state index contributed by atoms with van der Waals surface area (Å²) in [6.07, 6.45) is 3.65. The first-order valence-electron chi connectivity index (χ1n) is 7.74. The van der Waals surface area contributed by atoms with Crippen LogP contribution >= 0.6 is 0 Å². The SMILES string of the molecule is Cc1noc(C)c1CN1CCCC(C(=O)c2ccccn2)C1. The lowest BCUT2D eigenvalue weighted by Crippen LogP contribution is -2.38. The Kier molecular flexibility index (Phi) is 4.34. The van der Waals surface area contributed by atoms with Gasteiger partial charge >= 0.3 is 0 Å². The molecule has 1 atom stereocenters. The standard InChI is InChI=1S/C17H21N3O2/c1-12-15(13(2)22-19-12)11-20-9-5-6-14(10-20)17(21)16-7-3-4-8-18-16/h3-4,7-8,14H,5-6,9-11H2,1-2H3. The lowest BCUT2D eigenvalue weighted by atomic mass is 9.91. The molecule has 22 heavy (non-hydrogen) atoms. The second kappa shape index (κ2) is 6.40. The second-order valence-electron chi connectivity index (χ2n) is 5.96. The minimum atomic E-state index is 0.0316. The molecule has 2 aromatic heterocycles. The second-order valence-corrected chi connectivity index (χ2v) is 5.96. The summed E-state index contributed by atoms with van der Waals surface area (Å²) in [4.78, 5) is 19.1. The van der Waals surface area contributed by atoms with E-state index in [4.69, 9.17) is 4.52 Å². The largest absolute Gasteiger partial charge is 0.361 e. The molecule has 0 radical (unpaired) electrons. The summed E-state index contributed by atoms with van der Waals surface area (Å²) in [7, 11) is 0. The van der Waals surface area contributed by atoms with E-state index >= 15 is 0 Å². The lowest BCUT2D eigenvalue weighted by Gasteiger charge is -2.31. The highest BCUT2D eigenvalue weighted by atomic mass is 16.5. The lowest BCUT2D eigenvalue weighted by molar-refractivity contribution is 0.0806. The molecular weight excluding hydrogens is 278 g/mol. The Hall–Kier alpha value is -2.01. The summed E-state index contributed by atoms with van der Waals surface area (Å²) in [5.41, 5.74) is 2.66. The fraction of sp³-hybridized carbons (Fsp3) is 0.471. The summed E-state index contributed by atoms with van der Waals surface area (Å²) in [6.45, 7) is 6.49. The zero-order valence-electron chi connectivity index (χ0n) is 13.1. The van der Waals surface area contributed by atoms with Gasteiger partial charge in [0.1, 0.15) is 11.5 Å². The van der Waals surface area contributed by atoms with E-state index < -0.39 is 0 Å². The molecule has 0 bridgehead atoms. The molecule has 0 aromatic carbocycles. The van der Waals surface area contributed by atoms with Crippen molar-refractivity contribution >= 4 is 5.78 Å². The third-order valence-corrected chi connectivity index (χ3v) is 4.36. The Bertz CT molecular complexity index is 632. The normalized spacial score (nSPS) is 19.3. The maximum Gasteiger partial charge on any atom is 0.185 e. The molecule has 116 valence electrons. The van der Waals surface area contributed by atoms with E-state index in [1.807, 2.05) is 26.0 Å². The number of Topliss-reactive ketones (excluding diaryl/α,β-unsaturated/α-hetero) is 1. The van der Waals surface area contributed by atoms with Crippen LogP contribution in [0.15, 0.2) is 28.9 Å². The number of ketones is 1. The van der Waals surface area contributed by atoms with Gasteiger partial charge in [-0.3, -0.25) is 14.7 Å². The third kappa shape index (κ3) is 3.09. The summed E-state index contributed by atoms with van der Waals surface area (Å²) in [5.74, 6) is 1.06. The Morgan fingerprint density at radius 2 is 2.27 bits per heavy atom. The number of likely N-dealkylation sites (tertiary alicyclic amines) is 1. The molecule has 0 saturated carbocycles. The van der Waals surface area contributed by atoms with Crippen molar-refractivity contribution in [3.63, 3.8) is 0 Å². The number of piperidine rings is 1. The number of aryl methyl sites for hydroxylation is 2. The molecule has 5 nitrogen and oxygen atoms in total. The van der Waals surface area contributed by atoms with E-state index in [-0.39, 0.29) is 11.7 Å². The third-order valence-electron chi connectivity index (χ3n) is 4.36. The van der Waals surface area contributed by atoms with E-state index in [1.54, 1.807) is 12.3 Å². The van der Waals surface area contributed by atoms with E-state index in [9.17, 15) is 4.79 Å². The van der Waals surface area contributed by atoms with Gasteiger partial charge in [0.15, 0.2) is 5.78 Å². The van der Waals surface area contributed by atoms with Crippen LogP contribution in [0.25, 0.3) is 0 Å². The summed E-state index contributed by atoms with van der Waals surface area (Å²) >= 11 is 0. The van der Waals surface area contributed by atoms with Crippen molar-refractivity contribution in [2.24, 2.45) is 5.92 Å². The van der Waals surface area contributed by atoms with Gasteiger partial charge in [0.2, 0.25) is 0 Å². The smallest absolute Gasteiger partial charge is 0.185 e. The summed E-state index contributed by atoms with van der Waals surface area (Å²) in [6, 6.07) is 5.50. The number of carbonyl (C=O) groups is 1. The molecule has 1 aliphatic rings. The zero-order chi connectivity index (χ0) is 15.5. The van der Waals surface area contributed by atoms with Gasteiger partial charge in [0, 0.05) is 30.8 Å². The Balaban J connectivity index is 1.68. The molecule has 1 aliphatic heterocycles. The predicted molar refractivity (Wildman–Crippen MR) is 82.5 cm³/mol. The van der Waals surface area contributed by atoms with Crippen LogP contribution < -0.4 is 0 Å². The number of hydrogen-bond acceptors (Lipinski definition) is 5. The van der Waals surface area contributed by atoms with Gasteiger partial charge < -0.3 is 4.52 Å². The number of nitrogens with zero attached hydrogens (tertiary/aromatic N) is 3. The van der Waals surface area contributed by atoms with Crippen LogP contribution in [0.5, 0.6) is 0 Å². The molecule has 2 aromatic rings. The molecule has 0 N–H and O–H groups in total. The average Bonchev–Trinajstić information content (AvgIpc) is 2.87. The number of rotatable bonds is 4. The molecule has 3 rings (SSSR count). The van der Waals surface area contributed by atoms with Gasteiger partial charge in [-0.05, 0) is 45.4 Å². The fourth-order valence-electron chi connectivity index (χ4n) is 3.08. The van der Waals surface area contributed by atoms with Crippen molar-refractivity contribution in [2.75, 3.05) is 13.1 Å². The highest BCUT2D eigenvalue weighted by Crippen LogP contribution is 2.23. The maximum absolute atomic E-state index is 12.6. The van der Waals surface area contributed by atoms with Crippen LogP contribution in [0.1, 0.15) is 40.3 Å². The number of aromatic nitrogens is 2. The molecule has 3 heterocycles. The van der Waals surface area contributed by atoms with Crippen LogP contribution in [0, 0.1) is 19.8 Å². The topological polar surface area (TPSA) is 59.2 Å². The first-order chi connectivity index (χ1) is 10.6. The Labute approximate surface area is 130 Å². The molecule has 1 saturated heterocycles. The molecule has 5 heteroatoms. The van der Waals surface area contributed by atoms with Crippen molar-refractivity contribution < 1.29 is 9.32 Å². The van der Waals surface area contributed by atoms with Crippen molar-refractivity contribution in [3.8, 4) is 0 Å². The number of carbonyl (C=O) groups excluding carboxylic acids is 1. The molecule has 0 aliphatic carbocycles. The number of pyridine rings is 1. The van der Waals surface area contributed by atoms with Crippen molar-refractivity contribution in [1.82, 2.24) is 15.0 Å². The van der Waals surface area contributed by atoms with Gasteiger partial charge in [0.25, 0.3) is 0 Å². The van der Waals surface area contributed by atoms with Gasteiger partial charge in [-0.1, -0.05) is 11.2 Å². The summed E-state index contributed by atoms with van der Waals surface area (Å²) in [5, 5.41) is 4.00. The Morgan fingerprint density at radius 3 is 2.95 bits per heavy atom. The van der Waals surface area contributed by atoms with Crippen molar-refractivity contribution in [1.29, 1.82) is 0 Å². The molecule has 0 spiro atoms. The first kappa shape index (κ1) is 14.9. The predicted octanol–water partition coefficient (Wildman–Crippen LogP) is 2.78. The highest BCUT2D eigenvalue weighted by Gasteiger charge is 2.28. The van der Waals surface area contributed by atoms with Crippen molar-refractivity contribution in [3.05, 3.63) is 47.1 Å². The van der Waals surface area contributed by atoms with Gasteiger partial charge in [0.05, 0.1) is 5.69 Å². The number of hydrogen-bond donors (Lipinski definition) is 0. The van der Waals surface area contributed by atoms with Gasteiger partial charge in [-0.15, -0.1) is 0 Å². The molecule has 1 fully saturated rings. The highest BCUT2D eigenvalue weighted by molar-refractivity contribution is 5.96. The maximum atomic E-state index is 12.6. The molecular formula is C17H21N3O2. The van der Waals surface area contributed by atoms with Crippen LogP contribution in [-0.2, 0) is 6.54 Å². The Morgan fingerprint density at radius 1 is 1.41 bits per heavy atom. The van der Waals surface area contributed by atoms with Crippen LogP contribution in [0.4, 0.5) is 0 Å². The van der Waals surface area contributed by atoms with Gasteiger partial charge in [-0.25, -0.2) is 0 Å². The van der Waals surface area contributed by atoms with E-state index in [2.05, 4.69) is 15.0 Å². The minimum Gasteiger partial charge on any atom is -0.361 e. The first-order valence-corrected chi connectivity index (χ1v) is 7.74. The zero-order valence-corrected chi connectivity index (χ0v) is 13.1. The molecule has 0 amide bonds. The quantitative estimate of drug-likeness (QED) is 0.812. The monoisotopic (exact) mass is 299 g/mol. The van der Waals surface area contributed by atoms with E-state index in [0.717, 1.165) is 49.5 Å². The summed E-state index contributed by atoms with van der Waals surface area (Å²) < 4.78 is 5.23. The molecule has 1 unspecified atom stereocenters.